The topological polar surface area (TPSA) is 35.1 Å². The zero-order chi connectivity index (χ0) is 13.0. The number of hydrogen-bond donors (Lipinski definition) is 1. The Bertz CT molecular complexity index is 523. The summed E-state index contributed by atoms with van der Waals surface area (Å²) in [5.74, 6) is 0. The first-order valence-corrected chi connectivity index (χ1v) is 6.35. The molecule has 0 atom stereocenters. The van der Waals surface area contributed by atoms with Crippen LogP contribution in [0.1, 0.15) is 5.56 Å². The van der Waals surface area contributed by atoms with Gasteiger partial charge in [-0.2, -0.15) is 0 Å². The molecule has 0 aromatic heterocycles. The van der Waals surface area contributed by atoms with Gasteiger partial charge >= 0.3 is 0 Å². The van der Waals surface area contributed by atoms with Crippen LogP contribution in [0.3, 0.4) is 0 Å². The van der Waals surface area contributed by atoms with Gasteiger partial charge in [-0.3, -0.25) is 0 Å². The van der Waals surface area contributed by atoms with Gasteiger partial charge in [0.15, 0.2) is 0 Å². The Labute approximate surface area is 116 Å². The van der Waals surface area contributed by atoms with Gasteiger partial charge in [-0.1, -0.05) is 47.5 Å². The Morgan fingerprint density at radius 2 is 1.61 bits per heavy atom. The minimum absolute atomic E-state index is 0.144. The first-order chi connectivity index (χ1) is 8.72. The molecule has 2 rings (SSSR count). The maximum Gasteiger partial charge on any atom is 0.0762 e. The molecule has 4 heteroatoms. The fourth-order valence-electron chi connectivity index (χ4n) is 1.72. The molecule has 0 radical (unpaired) electrons. The summed E-state index contributed by atoms with van der Waals surface area (Å²) in [5, 5.41) is 15.1. The number of benzene rings is 2. The van der Waals surface area contributed by atoms with Crippen LogP contribution in [0.5, 0.6) is 0 Å². The number of hydrogen-bond acceptors (Lipinski definition) is 2. The van der Waals surface area contributed by atoms with Crippen molar-refractivity contribution in [3.63, 3.8) is 0 Å². The molecule has 2 aromatic carbocycles. The van der Waals surface area contributed by atoms with E-state index in [0.29, 0.717) is 22.2 Å². The van der Waals surface area contributed by atoms with Crippen LogP contribution in [0.2, 0.25) is 10.0 Å². The molecule has 0 amide bonds. The van der Waals surface area contributed by atoms with Crippen molar-refractivity contribution in [3.05, 3.63) is 58.1 Å². The Morgan fingerprint density at radius 1 is 0.944 bits per heavy atom. The number of anilines is 2. The summed E-state index contributed by atoms with van der Waals surface area (Å²) >= 11 is 12.2. The first-order valence-electron chi connectivity index (χ1n) is 5.59. The predicted molar refractivity (Wildman–Crippen MR) is 74.8 cm³/mol. The summed E-state index contributed by atoms with van der Waals surface area (Å²) in [6.07, 6.45) is 0.477. The van der Waals surface area contributed by atoms with Gasteiger partial charge in [0.2, 0.25) is 0 Å². The molecule has 0 heterocycles. The molecule has 0 bridgehead atoms. The van der Waals surface area contributed by atoms with Crippen LogP contribution in [0.4, 0.5) is 11.4 Å². The van der Waals surface area contributed by atoms with Gasteiger partial charge in [-0.05, 0) is 30.2 Å². The summed E-state index contributed by atoms with van der Waals surface area (Å²) in [6, 6.07) is 13.0. The van der Waals surface area contributed by atoms with Gasteiger partial charge in [-0.15, -0.1) is 6.61 Å². The van der Waals surface area contributed by atoms with Crippen molar-refractivity contribution in [1.29, 1.82) is 0 Å². The van der Waals surface area contributed by atoms with Crippen LogP contribution >= 0.6 is 23.2 Å². The highest BCUT2D eigenvalue weighted by molar-refractivity contribution is 6.39. The normalized spacial score (nSPS) is 10.4. The molecule has 0 aliphatic rings. The fourth-order valence-corrected chi connectivity index (χ4v) is 2.21. The molecule has 0 aliphatic heterocycles. The molecule has 2 nitrogen and oxygen atoms in total. The lowest BCUT2D eigenvalue weighted by atomic mass is 10.1. The van der Waals surface area contributed by atoms with Crippen LogP contribution in [0.15, 0.2) is 42.5 Å². The number of nitrogens with one attached hydrogen (secondary N) is 1. The fraction of sp³-hybridized carbons (Fsp3) is 0.143. The molecular formula is C14H12Cl2NO-. The lowest BCUT2D eigenvalue weighted by Crippen LogP contribution is -2.09. The quantitative estimate of drug-likeness (QED) is 0.928. The number of halogens is 2. The van der Waals surface area contributed by atoms with E-state index in [9.17, 15) is 5.11 Å². The van der Waals surface area contributed by atoms with Gasteiger partial charge in [0.25, 0.3) is 0 Å². The summed E-state index contributed by atoms with van der Waals surface area (Å²) < 4.78 is 0. The third-order valence-corrected chi connectivity index (χ3v) is 3.24. The molecule has 0 fully saturated rings. The minimum Gasteiger partial charge on any atom is -0.854 e. The number of rotatable bonds is 4. The first kappa shape index (κ1) is 13.2. The highest BCUT2D eigenvalue weighted by Gasteiger charge is 2.07. The minimum atomic E-state index is -0.144. The van der Waals surface area contributed by atoms with Crippen molar-refractivity contribution in [2.24, 2.45) is 0 Å². The SMILES string of the molecule is [O-]CCc1ccccc1Nc1c(Cl)cccc1Cl. The van der Waals surface area contributed by atoms with E-state index >= 15 is 0 Å². The molecule has 0 saturated carbocycles. The van der Waals surface area contributed by atoms with E-state index < -0.39 is 0 Å². The van der Waals surface area contributed by atoms with Crippen molar-refractivity contribution in [1.82, 2.24) is 0 Å². The molecule has 0 unspecified atom stereocenters. The van der Waals surface area contributed by atoms with E-state index in [0.717, 1.165) is 11.3 Å². The molecule has 1 N–H and O–H groups in total. The van der Waals surface area contributed by atoms with Crippen molar-refractivity contribution in [2.75, 3.05) is 11.9 Å². The maximum absolute atomic E-state index is 10.8. The molecule has 0 spiro atoms. The number of para-hydroxylation sites is 2. The predicted octanol–water partition coefficient (Wildman–Crippen LogP) is 3.64. The summed E-state index contributed by atoms with van der Waals surface area (Å²) in [7, 11) is 0. The average Bonchev–Trinajstić information content (AvgIpc) is 2.36. The Hall–Kier alpha value is -1.22. The van der Waals surface area contributed by atoms with E-state index in [2.05, 4.69) is 5.32 Å². The molecule has 18 heavy (non-hydrogen) atoms. The van der Waals surface area contributed by atoms with E-state index in [4.69, 9.17) is 23.2 Å². The van der Waals surface area contributed by atoms with E-state index in [-0.39, 0.29) is 6.61 Å². The standard InChI is InChI=1S/C14H12Cl2NO/c15-11-5-3-6-12(16)14(11)17-13-7-2-1-4-10(13)8-9-18/h1-7,17H,8-9H2/q-1. The second-order valence-electron chi connectivity index (χ2n) is 3.83. The van der Waals surface area contributed by atoms with Gasteiger partial charge in [-0.25, -0.2) is 0 Å². The molecule has 2 aromatic rings. The lowest BCUT2D eigenvalue weighted by molar-refractivity contribution is -0.366. The second kappa shape index (κ2) is 6.10. The summed E-state index contributed by atoms with van der Waals surface area (Å²) in [4.78, 5) is 0. The van der Waals surface area contributed by atoms with E-state index in [1.807, 2.05) is 24.3 Å². The van der Waals surface area contributed by atoms with Gasteiger partial charge < -0.3 is 10.4 Å². The van der Waals surface area contributed by atoms with Gasteiger partial charge in [0.1, 0.15) is 0 Å². The maximum atomic E-state index is 10.8. The third kappa shape index (κ3) is 2.96. The molecular weight excluding hydrogens is 269 g/mol. The highest BCUT2D eigenvalue weighted by Crippen LogP contribution is 2.33. The molecule has 94 valence electrons. The van der Waals surface area contributed by atoms with Crippen molar-refractivity contribution >= 4 is 34.6 Å². The zero-order valence-electron chi connectivity index (χ0n) is 9.62. The second-order valence-corrected chi connectivity index (χ2v) is 4.65. The molecule has 0 aliphatic carbocycles. The van der Waals surface area contributed by atoms with Crippen LogP contribution in [0.25, 0.3) is 0 Å². The summed E-state index contributed by atoms with van der Waals surface area (Å²) in [6.45, 7) is -0.144. The van der Waals surface area contributed by atoms with Crippen LogP contribution in [-0.4, -0.2) is 6.61 Å². The Balaban J connectivity index is 2.34. The van der Waals surface area contributed by atoms with Crippen LogP contribution < -0.4 is 10.4 Å². The third-order valence-electron chi connectivity index (χ3n) is 2.61. The van der Waals surface area contributed by atoms with Crippen molar-refractivity contribution in [2.45, 2.75) is 6.42 Å². The van der Waals surface area contributed by atoms with Crippen LogP contribution in [0, 0.1) is 0 Å². The van der Waals surface area contributed by atoms with Gasteiger partial charge in [0.05, 0.1) is 15.7 Å². The summed E-state index contributed by atoms with van der Waals surface area (Å²) in [5.41, 5.74) is 2.49. The van der Waals surface area contributed by atoms with E-state index in [1.54, 1.807) is 18.2 Å². The Morgan fingerprint density at radius 3 is 2.28 bits per heavy atom. The molecule has 0 saturated heterocycles. The van der Waals surface area contributed by atoms with Crippen molar-refractivity contribution < 1.29 is 5.11 Å². The monoisotopic (exact) mass is 280 g/mol. The highest BCUT2D eigenvalue weighted by atomic mass is 35.5. The lowest BCUT2D eigenvalue weighted by Gasteiger charge is -2.15. The van der Waals surface area contributed by atoms with Crippen molar-refractivity contribution in [3.8, 4) is 0 Å². The van der Waals surface area contributed by atoms with Crippen LogP contribution in [-0.2, 0) is 6.42 Å². The smallest absolute Gasteiger partial charge is 0.0762 e. The largest absolute Gasteiger partial charge is 0.854 e. The average molecular weight is 281 g/mol. The zero-order valence-corrected chi connectivity index (χ0v) is 11.1. The van der Waals surface area contributed by atoms with E-state index in [1.165, 1.54) is 0 Å². The van der Waals surface area contributed by atoms with Gasteiger partial charge in [0, 0.05) is 5.69 Å². The Kier molecular flexibility index (Phi) is 4.48.